The predicted molar refractivity (Wildman–Crippen MR) is 131 cm³/mol. The Bertz CT molecular complexity index is 646. The second-order valence-electron chi connectivity index (χ2n) is 8.69. The fourth-order valence-electron chi connectivity index (χ4n) is 2.42. The molecule has 0 saturated carbocycles. The van der Waals surface area contributed by atoms with Gasteiger partial charge in [0.25, 0.3) is 0 Å². The molecule has 0 aliphatic heterocycles. The lowest BCUT2D eigenvalue weighted by Gasteiger charge is -2.36. The van der Waals surface area contributed by atoms with Crippen molar-refractivity contribution in [2.24, 2.45) is 0 Å². The van der Waals surface area contributed by atoms with Crippen LogP contribution < -0.4 is 0 Å². The summed E-state index contributed by atoms with van der Waals surface area (Å²) in [6, 6.07) is 21.0. The summed E-state index contributed by atoms with van der Waals surface area (Å²) in [5, 5.41) is 0.284. The Balaban J connectivity index is 1.73. The van der Waals surface area contributed by atoms with Gasteiger partial charge in [-0.1, -0.05) is 80.7 Å². The highest BCUT2D eigenvalue weighted by molar-refractivity contribution is 8.16. The van der Waals surface area contributed by atoms with Crippen molar-refractivity contribution in [2.75, 3.05) is 13.2 Å². The van der Waals surface area contributed by atoms with E-state index in [1.165, 1.54) is 9.79 Å². The summed E-state index contributed by atoms with van der Waals surface area (Å²) in [6.07, 6.45) is 3.33. The van der Waals surface area contributed by atoms with Gasteiger partial charge < -0.3 is 9.16 Å². The van der Waals surface area contributed by atoms with E-state index in [0.29, 0.717) is 0 Å². The predicted octanol–water partition coefficient (Wildman–Crippen LogP) is 8.06. The maximum absolute atomic E-state index is 6.27. The molecule has 2 aromatic rings. The Morgan fingerprint density at radius 2 is 1.24 bits per heavy atom. The first-order chi connectivity index (χ1) is 13.8. The van der Waals surface area contributed by atoms with Gasteiger partial charge in [-0.25, -0.2) is 0 Å². The second kappa shape index (κ2) is 12.2. The molecule has 160 valence electrons. The number of hydrogen-bond acceptors (Lipinski definition) is 4. The van der Waals surface area contributed by atoms with Gasteiger partial charge in [-0.3, -0.25) is 0 Å². The number of thioether (sulfide) groups is 2. The smallest absolute Gasteiger partial charge is 0.191 e. The maximum Gasteiger partial charge on any atom is 0.191 e. The molecule has 2 rings (SSSR count). The van der Waals surface area contributed by atoms with Gasteiger partial charge in [-0.05, 0) is 61.7 Å². The zero-order valence-corrected chi connectivity index (χ0v) is 21.2. The van der Waals surface area contributed by atoms with Crippen molar-refractivity contribution in [3.8, 4) is 0 Å². The van der Waals surface area contributed by atoms with Crippen molar-refractivity contribution in [3.05, 3.63) is 60.7 Å². The molecule has 2 aromatic carbocycles. The van der Waals surface area contributed by atoms with Crippen LogP contribution in [0, 0.1) is 0 Å². The van der Waals surface area contributed by atoms with E-state index in [1.807, 2.05) is 0 Å². The molecule has 0 atom stereocenters. The second-order valence-corrected chi connectivity index (χ2v) is 16.1. The fourth-order valence-corrected chi connectivity index (χ4v) is 5.77. The molecule has 0 aromatic heterocycles. The van der Waals surface area contributed by atoms with E-state index >= 15 is 0 Å². The molecule has 0 spiro atoms. The van der Waals surface area contributed by atoms with Gasteiger partial charge in [-0.2, -0.15) is 0 Å². The minimum Gasteiger partial charge on any atom is -0.417 e. The van der Waals surface area contributed by atoms with Gasteiger partial charge in [0.1, 0.15) is 0 Å². The number of hydrogen-bond donors (Lipinski definition) is 0. The Kier molecular flexibility index (Phi) is 10.3. The summed E-state index contributed by atoms with van der Waals surface area (Å²) in [6.45, 7) is 13.2. The quantitative estimate of drug-likeness (QED) is 0.141. The Morgan fingerprint density at radius 3 is 1.72 bits per heavy atom. The summed E-state index contributed by atoms with van der Waals surface area (Å²) in [5.41, 5.74) is 0. The average molecular weight is 449 g/mol. The number of unbranched alkanes of at least 4 members (excludes halogenated alkanes) is 2. The van der Waals surface area contributed by atoms with E-state index in [2.05, 4.69) is 94.5 Å². The van der Waals surface area contributed by atoms with Crippen molar-refractivity contribution in [1.82, 2.24) is 0 Å². The molecule has 0 bridgehead atoms. The van der Waals surface area contributed by atoms with E-state index in [4.69, 9.17) is 9.16 Å². The highest BCUT2D eigenvalue weighted by Crippen LogP contribution is 2.37. The van der Waals surface area contributed by atoms with Crippen LogP contribution >= 0.6 is 23.5 Å². The minimum atomic E-state index is -1.62. The molecule has 5 heteroatoms. The molecule has 0 radical (unpaired) electrons. The normalized spacial score (nSPS) is 12.5. The topological polar surface area (TPSA) is 18.5 Å². The van der Waals surface area contributed by atoms with Crippen molar-refractivity contribution < 1.29 is 9.16 Å². The van der Waals surface area contributed by atoms with Crippen LogP contribution in [0.25, 0.3) is 0 Å². The molecule has 0 N–H and O–H groups in total. The molecule has 0 heterocycles. The van der Waals surface area contributed by atoms with Crippen molar-refractivity contribution in [3.63, 3.8) is 0 Å². The standard InChI is InChI=1S/C24H36O2S2Si/c1-24(2,3)29(4,5)26-20-14-8-13-19-25-23(27-21-15-9-6-10-16-21)28-22-17-11-7-12-18-22/h6-7,9-12,15-18,23H,8,13-14,19-20H2,1-5H3. The van der Waals surface area contributed by atoms with Gasteiger partial charge >= 0.3 is 0 Å². The molecular weight excluding hydrogens is 412 g/mol. The largest absolute Gasteiger partial charge is 0.417 e. The first-order valence-electron chi connectivity index (χ1n) is 10.5. The van der Waals surface area contributed by atoms with Crippen LogP contribution in [-0.4, -0.2) is 26.3 Å². The van der Waals surface area contributed by atoms with Gasteiger partial charge in [0, 0.05) is 23.0 Å². The van der Waals surface area contributed by atoms with Crippen LogP contribution in [0.4, 0.5) is 0 Å². The zero-order valence-electron chi connectivity index (χ0n) is 18.5. The first-order valence-corrected chi connectivity index (χ1v) is 15.1. The van der Waals surface area contributed by atoms with Crippen molar-refractivity contribution >= 4 is 31.8 Å². The van der Waals surface area contributed by atoms with Crippen LogP contribution in [0.2, 0.25) is 18.1 Å². The molecule has 29 heavy (non-hydrogen) atoms. The average Bonchev–Trinajstić information content (AvgIpc) is 2.68. The third-order valence-electron chi connectivity index (χ3n) is 5.26. The lowest BCUT2D eigenvalue weighted by molar-refractivity contribution is 0.155. The van der Waals surface area contributed by atoms with E-state index in [0.717, 1.165) is 32.5 Å². The molecule has 0 aliphatic rings. The van der Waals surface area contributed by atoms with Crippen LogP contribution in [-0.2, 0) is 9.16 Å². The van der Waals surface area contributed by atoms with Gasteiger partial charge in [-0.15, -0.1) is 0 Å². The SMILES string of the molecule is CC(C)(C)[Si](C)(C)OCCCCCOC(Sc1ccccc1)Sc1ccccc1. The highest BCUT2D eigenvalue weighted by atomic mass is 32.2. The van der Waals surface area contributed by atoms with Gasteiger partial charge in [0.2, 0.25) is 0 Å². The Morgan fingerprint density at radius 1 is 0.759 bits per heavy atom. The number of rotatable bonds is 12. The molecule has 0 fully saturated rings. The third-order valence-corrected chi connectivity index (χ3v) is 12.1. The molecule has 0 amide bonds. The van der Waals surface area contributed by atoms with Crippen LogP contribution in [0.3, 0.4) is 0 Å². The molecule has 0 saturated heterocycles. The molecule has 0 aliphatic carbocycles. The van der Waals surface area contributed by atoms with E-state index in [9.17, 15) is 0 Å². The summed E-state index contributed by atoms with van der Waals surface area (Å²) in [4.78, 5) is 2.48. The highest BCUT2D eigenvalue weighted by Gasteiger charge is 2.36. The summed E-state index contributed by atoms with van der Waals surface area (Å²) in [5.74, 6) is 0. The fraction of sp³-hybridized carbons (Fsp3) is 0.500. The first kappa shape index (κ1) is 24.5. The maximum atomic E-state index is 6.27. The van der Waals surface area contributed by atoms with Crippen LogP contribution in [0.15, 0.2) is 70.5 Å². The van der Waals surface area contributed by atoms with E-state index in [1.54, 1.807) is 23.5 Å². The Labute approximate surface area is 187 Å². The number of ether oxygens (including phenoxy) is 1. The zero-order chi connectivity index (χ0) is 21.2. The Hall–Kier alpha value is -0.723. The van der Waals surface area contributed by atoms with E-state index < -0.39 is 8.32 Å². The van der Waals surface area contributed by atoms with Gasteiger partial charge in [0.05, 0.1) is 0 Å². The lowest BCUT2D eigenvalue weighted by atomic mass is 10.2. The third kappa shape index (κ3) is 9.31. The minimum absolute atomic E-state index is 0.0586. The van der Waals surface area contributed by atoms with Crippen molar-refractivity contribution in [1.29, 1.82) is 0 Å². The number of benzene rings is 2. The summed E-state index contributed by atoms with van der Waals surface area (Å²) < 4.78 is 12.6. The van der Waals surface area contributed by atoms with Crippen LogP contribution in [0.1, 0.15) is 40.0 Å². The molecule has 0 unspecified atom stereocenters. The lowest BCUT2D eigenvalue weighted by Crippen LogP contribution is -2.40. The monoisotopic (exact) mass is 448 g/mol. The van der Waals surface area contributed by atoms with Crippen molar-refractivity contribution in [2.45, 2.75) is 72.7 Å². The molecule has 2 nitrogen and oxygen atoms in total. The van der Waals surface area contributed by atoms with Gasteiger partial charge in [0.15, 0.2) is 13.1 Å². The summed E-state index contributed by atoms with van der Waals surface area (Å²) in [7, 11) is -1.62. The van der Waals surface area contributed by atoms with Crippen LogP contribution in [0.5, 0.6) is 0 Å². The molecular formula is C24H36O2S2Si. The van der Waals surface area contributed by atoms with E-state index in [-0.39, 0.29) is 9.81 Å². The summed E-state index contributed by atoms with van der Waals surface area (Å²) >= 11 is 3.56.